The summed E-state index contributed by atoms with van der Waals surface area (Å²) >= 11 is 0. The van der Waals surface area contributed by atoms with Gasteiger partial charge >= 0.3 is 0 Å². The first-order valence-corrected chi connectivity index (χ1v) is 12.8. The van der Waals surface area contributed by atoms with Gasteiger partial charge in [-0.15, -0.1) is 0 Å². The van der Waals surface area contributed by atoms with E-state index in [9.17, 15) is 9.18 Å². The predicted molar refractivity (Wildman–Crippen MR) is 145 cm³/mol. The molecule has 0 saturated carbocycles. The van der Waals surface area contributed by atoms with Gasteiger partial charge in [0.05, 0.1) is 5.52 Å². The second kappa shape index (κ2) is 10.6. The van der Waals surface area contributed by atoms with Gasteiger partial charge < -0.3 is 5.32 Å². The molecule has 36 heavy (non-hydrogen) atoms. The van der Waals surface area contributed by atoms with Crippen molar-refractivity contribution in [2.45, 2.75) is 46.1 Å². The summed E-state index contributed by atoms with van der Waals surface area (Å²) < 4.78 is 14.9. The van der Waals surface area contributed by atoms with Crippen LogP contribution < -0.4 is 5.32 Å². The van der Waals surface area contributed by atoms with E-state index in [4.69, 9.17) is 4.98 Å². The number of aryl methyl sites for hydroxylation is 2. The number of hydrogen-bond acceptors (Lipinski definition) is 3. The third kappa shape index (κ3) is 5.31. The molecule has 1 aromatic heterocycles. The smallest absolute Gasteiger partial charge is 0.255 e. The normalized spacial score (nSPS) is 14.5. The fourth-order valence-corrected chi connectivity index (χ4v) is 4.99. The van der Waals surface area contributed by atoms with Crippen LogP contribution in [-0.2, 0) is 6.54 Å². The van der Waals surface area contributed by atoms with Gasteiger partial charge in [-0.1, -0.05) is 54.8 Å². The highest BCUT2D eigenvalue weighted by Crippen LogP contribution is 2.27. The molecule has 1 aliphatic rings. The van der Waals surface area contributed by atoms with Crippen LogP contribution in [0.15, 0.2) is 66.9 Å². The molecular weight excluding hydrogens is 449 g/mol. The molecule has 0 atom stereocenters. The number of nitrogens with zero attached hydrogens (tertiary/aromatic N) is 2. The largest absolute Gasteiger partial charge is 0.322 e. The summed E-state index contributed by atoms with van der Waals surface area (Å²) in [7, 11) is 0. The predicted octanol–water partition coefficient (Wildman–Crippen LogP) is 7.29. The molecule has 5 rings (SSSR count). The minimum atomic E-state index is -0.416. The van der Waals surface area contributed by atoms with Crippen LogP contribution in [0.25, 0.3) is 22.0 Å². The Labute approximate surface area is 212 Å². The van der Waals surface area contributed by atoms with Crippen molar-refractivity contribution in [3.8, 4) is 11.1 Å². The van der Waals surface area contributed by atoms with Crippen LogP contribution in [-0.4, -0.2) is 28.9 Å². The minimum Gasteiger partial charge on any atom is -0.322 e. The van der Waals surface area contributed by atoms with Crippen LogP contribution in [0, 0.1) is 19.7 Å². The molecule has 0 bridgehead atoms. The van der Waals surface area contributed by atoms with Gasteiger partial charge in [0.2, 0.25) is 0 Å². The molecule has 4 nitrogen and oxygen atoms in total. The summed E-state index contributed by atoms with van der Waals surface area (Å²) in [5, 5.41) is 4.01. The topological polar surface area (TPSA) is 45.2 Å². The van der Waals surface area contributed by atoms with Gasteiger partial charge in [-0.05, 0) is 80.7 Å². The number of nitrogens with one attached hydrogen (secondary N) is 1. The maximum Gasteiger partial charge on any atom is 0.255 e. The lowest BCUT2D eigenvalue weighted by Crippen LogP contribution is -2.24. The molecule has 0 radical (unpaired) electrons. The average Bonchev–Trinajstić information content (AvgIpc) is 3.15. The average molecular weight is 482 g/mol. The van der Waals surface area contributed by atoms with Gasteiger partial charge in [0, 0.05) is 34.9 Å². The number of amides is 1. The lowest BCUT2D eigenvalue weighted by Gasteiger charge is -2.20. The zero-order chi connectivity index (χ0) is 25.1. The van der Waals surface area contributed by atoms with Gasteiger partial charge in [0.25, 0.3) is 5.91 Å². The van der Waals surface area contributed by atoms with E-state index >= 15 is 0 Å². The second-order valence-electron chi connectivity index (χ2n) is 9.86. The molecule has 0 unspecified atom stereocenters. The summed E-state index contributed by atoms with van der Waals surface area (Å²) in [6, 6.07) is 18.4. The third-order valence-electron chi connectivity index (χ3n) is 7.11. The van der Waals surface area contributed by atoms with Crippen molar-refractivity contribution in [3.05, 3.63) is 94.9 Å². The molecule has 1 fully saturated rings. The van der Waals surface area contributed by atoms with Crippen LogP contribution in [0.4, 0.5) is 10.1 Å². The van der Waals surface area contributed by atoms with Gasteiger partial charge in [0.15, 0.2) is 0 Å². The van der Waals surface area contributed by atoms with Crippen LogP contribution >= 0.6 is 0 Å². The van der Waals surface area contributed by atoms with Gasteiger partial charge in [0.1, 0.15) is 5.82 Å². The lowest BCUT2D eigenvalue weighted by molar-refractivity contribution is 0.102. The number of carbonyl (C=O) groups is 1. The van der Waals surface area contributed by atoms with Crippen LogP contribution in [0.5, 0.6) is 0 Å². The molecule has 5 heteroatoms. The van der Waals surface area contributed by atoms with E-state index in [1.807, 2.05) is 56.4 Å². The van der Waals surface area contributed by atoms with E-state index in [2.05, 4.69) is 16.3 Å². The van der Waals surface area contributed by atoms with Crippen molar-refractivity contribution in [2.24, 2.45) is 0 Å². The molecule has 4 aromatic rings. The third-order valence-corrected chi connectivity index (χ3v) is 7.11. The van der Waals surface area contributed by atoms with Crippen molar-refractivity contribution >= 4 is 22.5 Å². The van der Waals surface area contributed by atoms with Gasteiger partial charge in [-0.2, -0.15) is 0 Å². The van der Waals surface area contributed by atoms with Gasteiger partial charge in [-0.3, -0.25) is 14.7 Å². The van der Waals surface area contributed by atoms with Crippen molar-refractivity contribution in [1.29, 1.82) is 0 Å². The van der Waals surface area contributed by atoms with Crippen molar-refractivity contribution in [3.63, 3.8) is 0 Å². The molecule has 2 heterocycles. The Morgan fingerprint density at radius 2 is 1.69 bits per heavy atom. The van der Waals surface area contributed by atoms with Crippen LogP contribution in [0.3, 0.4) is 0 Å². The fraction of sp³-hybridized carbons (Fsp3) is 0.290. The number of anilines is 1. The first-order chi connectivity index (χ1) is 17.5. The Bertz CT molecular complexity index is 1390. The van der Waals surface area contributed by atoms with Crippen molar-refractivity contribution in [2.75, 3.05) is 18.4 Å². The summed E-state index contributed by atoms with van der Waals surface area (Å²) in [6.07, 6.45) is 7.13. The maximum atomic E-state index is 14.9. The molecule has 1 amide bonds. The van der Waals surface area contributed by atoms with E-state index in [-0.39, 0.29) is 11.5 Å². The number of fused-ring (bicyclic) bond motifs is 1. The highest BCUT2D eigenvalue weighted by Gasteiger charge is 2.15. The SMILES string of the molecule is Cc1ccc(-c2ccc(C(=O)Nc3ccc4cc(CN5CCCCCC5)cnc4c3C)cc2F)cc1. The molecule has 3 aromatic carbocycles. The number of rotatable bonds is 5. The van der Waals surface area contributed by atoms with Crippen molar-refractivity contribution in [1.82, 2.24) is 9.88 Å². The monoisotopic (exact) mass is 481 g/mol. The summed E-state index contributed by atoms with van der Waals surface area (Å²) in [6.45, 7) is 7.17. The Kier molecular flexibility index (Phi) is 7.10. The molecule has 184 valence electrons. The first kappa shape index (κ1) is 24.1. The Hall–Kier alpha value is -3.57. The Morgan fingerprint density at radius 3 is 2.42 bits per heavy atom. The molecule has 0 aliphatic carbocycles. The standard InChI is InChI=1S/C31H32FN3O/c1-21-7-9-24(10-8-21)27-13-11-26(18-28(27)32)31(36)34-29-14-12-25-17-23(19-33-30(25)22(29)2)20-35-15-5-3-4-6-16-35/h7-14,17-19H,3-6,15-16,20H2,1-2H3,(H,34,36). The van der Waals surface area contributed by atoms with E-state index < -0.39 is 5.82 Å². The Morgan fingerprint density at radius 1 is 0.944 bits per heavy atom. The zero-order valence-corrected chi connectivity index (χ0v) is 21.0. The molecular formula is C31H32FN3O. The number of likely N-dealkylation sites (tertiary alicyclic amines) is 1. The number of pyridine rings is 1. The van der Waals surface area contributed by atoms with E-state index in [1.54, 1.807) is 12.1 Å². The molecule has 0 spiro atoms. The summed E-state index contributed by atoms with van der Waals surface area (Å²) in [5.74, 6) is -0.759. The van der Waals surface area contributed by atoms with Gasteiger partial charge in [-0.25, -0.2) is 4.39 Å². The first-order valence-electron chi connectivity index (χ1n) is 12.8. The molecule has 1 N–H and O–H groups in total. The second-order valence-corrected chi connectivity index (χ2v) is 9.86. The van der Waals surface area contributed by atoms with E-state index in [1.165, 1.54) is 37.3 Å². The van der Waals surface area contributed by atoms with Crippen LogP contribution in [0.1, 0.15) is 52.7 Å². The molecule has 1 saturated heterocycles. The molecule has 1 aliphatic heterocycles. The fourth-order valence-electron chi connectivity index (χ4n) is 4.99. The minimum absolute atomic E-state index is 0.281. The van der Waals surface area contributed by atoms with Crippen LogP contribution in [0.2, 0.25) is 0 Å². The van der Waals surface area contributed by atoms with E-state index in [0.29, 0.717) is 11.3 Å². The van der Waals surface area contributed by atoms with E-state index in [0.717, 1.165) is 47.2 Å². The number of hydrogen-bond donors (Lipinski definition) is 1. The summed E-state index contributed by atoms with van der Waals surface area (Å²) in [4.78, 5) is 20.2. The zero-order valence-electron chi connectivity index (χ0n) is 21.0. The number of carbonyl (C=O) groups excluding carboxylic acids is 1. The highest BCUT2D eigenvalue weighted by molar-refractivity contribution is 6.06. The number of benzene rings is 3. The van der Waals surface area contributed by atoms with Crippen molar-refractivity contribution < 1.29 is 9.18 Å². The Balaban J connectivity index is 1.32. The lowest BCUT2D eigenvalue weighted by atomic mass is 10.0. The maximum absolute atomic E-state index is 14.9. The number of halogens is 1. The quantitative estimate of drug-likeness (QED) is 0.326. The number of aromatic nitrogens is 1. The summed E-state index contributed by atoms with van der Waals surface area (Å²) in [5.41, 5.74) is 6.33. The highest BCUT2D eigenvalue weighted by atomic mass is 19.1.